The van der Waals surface area contributed by atoms with Crippen LogP contribution in [-0.4, -0.2) is 0 Å². The maximum absolute atomic E-state index is 8.12. The normalized spacial score (nSPS) is 11.1. The fraction of sp³-hybridized carbons (Fsp3) is 0.0769. The molecule has 0 spiro atoms. The van der Waals surface area contributed by atoms with E-state index in [4.69, 9.17) is 5.16 Å². The van der Waals surface area contributed by atoms with E-state index in [1.807, 2.05) is 48.5 Å². The summed E-state index contributed by atoms with van der Waals surface area (Å²) in [7, 11) is -0.802. The van der Waals surface area contributed by atoms with Crippen LogP contribution in [0.5, 0.6) is 0 Å². The molecule has 1 nitrogen and oxygen atoms in total. The highest BCUT2D eigenvalue weighted by molar-refractivity contribution is 7.53. The van der Waals surface area contributed by atoms with Crippen LogP contribution in [0.4, 0.5) is 0 Å². The Labute approximate surface area is 91.0 Å². The number of benzene rings is 2. The van der Waals surface area contributed by atoms with Gasteiger partial charge in [0.2, 0.25) is 7.71 Å². The second kappa shape index (κ2) is 4.86. The third kappa shape index (κ3) is 2.74. The summed E-state index contributed by atoms with van der Waals surface area (Å²) in [5.41, 5.74) is 1.25. The minimum Gasteiger partial charge on any atom is -0.119 e. The average Bonchev–Trinajstić information content (AvgIpc) is 2.31. The van der Waals surface area contributed by atoms with Gasteiger partial charge in [0.15, 0.2) is 11.5 Å². The van der Waals surface area contributed by atoms with E-state index in [2.05, 4.69) is 12.1 Å². The Kier molecular flexibility index (Phi) is 3.26. The zero-order chi connectivity index (χ0) is 10.5. The minimum absolute atomic E-state index is 0.802. The van der Waals surface area contributed by atoms with Crippen molar-refractivity contribution in [3.8, 4) is 0 Å². The fourth-order valence-electron chi connectivity index (χ4n) is 1.47. The molecule has 0 amide bonds. The molecule has 0 saturated carbocycles. The highest BCUT2D eigenvalue weighted by Crippen LogP contribution is 2.26. The first kappa shape index (κ1) is 10.1. The van der Waals surface area contributed by atoms with Crippen LogP contribution < -0.4 is 5.30 Å². The van der Waals surface area contributed by atoms with Gasteiger partial charge < -0.3 is 0 Å². The van der Waals surface area contributed by atoms with Crippen LogP contribution in [0.3, 0.4) is 0 Å². The summed E-state index contributed by atoms with van der Waals surface area (Å²) >= 11 is 0. The van der Waals surface area contributed by atoms with E-state index in [-0.39, 0.29) is 0 Å². The molecule has 1 atom stereocenters. The van der Waals surface area contributed by atoms with E-state index in [0.29, 0.717) is 0 Å². The van der Waals surface area contributed by atoms with Crippen molar-refractivity contribution in [2.24, 2.45) is 0 Å². The first-order valence-corrected chi connectivity index (χ1v) is 6.47. The molecule has 0 aliphatic carbocycles. The molecule has 1 N–H and O–H groups in total. The molecule has 2 heteroatoms. The summed E-state index contributed by atoms with van der Waals surface area (Å²) in [4.78, 5) is 0. The largest absolute Gasteiger partial charge is 0.239 e. The average molecular weight is 214 g/mol. The second-order valence-corrected chi connectivity index (χ2v) is 5.10. The third-order valence-electron chi connectivity index (χ3n) is 2.25. The molecule has 1 unspecified atom stereocenters. The van der Waals surface area contributed by atoms with E-state index in [9.17, 15) is 0 Å². The van der Waals surface area contributed by atoms with E-state index in [1.165, 1.54) is 5.56 Å². The lowest BCUT2D eigenvalue weighted by Gasteiger charge is -1.93. The van der Waals surface area contributed by atoms with Crippen LogP contribution in [0.15, 0.2) is 60.7 Å². The smallest absolute Gasteiger partial charge is 0.119 e. The molecule has 0 aliphatic heterocycles. The van der Waals surface area contributed by atoms with E-state index in [1.54, 1.807) is 0 Å². The van der Waals surface area contributed by atoms with Crippen LogP contribution in [0.2, 0.25) is 0 Å². The van der Waals surface area contributed by atoms with Crippen LogP contribution in [0.25, 0.3) is 0 Å². The number of hydrogen-bond acceptors (Lipinski definition) is 1. The first-order valence-electron chi connectivity index (χ1n) is 4.94. The molecule has 74 valence electrons. The molecule has 0 saturated heterocycles. The first-order chi connectivity index (χ1) is 7.36. The molecule has 0 bridgehead atoms. The maximum atomic E-state index is 8.12. The lowest BCUT2D eigenvalue weighted by molar-refractivity contribution is 1.38. The van der Waals surface area contributed by atoms with Gasteiger partial charge in [-0.2, -0.15) is 0 Å². The second-order valence-electron chi connectivity index (χ2n) is 3.41. The third-order valence-corrected chi connectivity index (χ3v) is 3.85. The van der Waals surface area contributed by atoms with Crippen molar-refractivity contribution in [3.63, 3.8) is 0 Å². The van der Waals surface area contributed by atoms with Crippen LogP contribution in [-0.2, 0) is 6.16 Å². The van der Waals surface area contributed by atoms with Gasteiger partial charge in [0.25, 0.3) is 0 Å². The molecule has 0 heterocycles. The van der Waals surface area contributed by atoms with Gasteiger partial charge in [0, 0.05) is 0 Å². The van der Waals surface area contributed by atoms with Gasteiger partial charge in [0.1, 0.15) is 0 Å². The van der Waals surface area contributed by atoms with Crippen molar-refractivity contribution in [1.82, 2.24) is 0 Å². The molecule has 0 aliphatic rings. The van der Waals surface area contributed by atoms with Gasteiger partial charge in [-0.1, -0.05) is 48.5 Å². The van der Waals surface area contributed by atoms with Gasteiger partial charge in [-0.25, -0.2) is 0 Å². The summed E-state index contributed by atoms with van der Waals surface area (Å²) in [5, 5.41) is 9.26. The number of rotatable bonds is 3. The van der Waals surface area contributed by atoms with Gasteiger partial charge in [-0.15, -0.1) is 5.16 Å². The molecule has 0 aromatic heterocycles. The van der Waals surface area contributed by atoms with Crippen molar-refractivity contribution in [2.75, 3.05) is 0 Å². The lowest BCUT2D eigenvalue weighted by Crippen LogP contribution is -1.95. The Morgan fingerprint density at radius 2 is 1.33 bits per heavy atom. The minimum atomic E-state index is -0.802. The van der Waals surface area contributed by atoms with Gasteiger partial charge >= 0.3 is 0 Å². The predicted molar refractivity (Wildman–Crippen MR) is 65.9 cm³/mol. The summed E-state index contributed by atoms with van der Waals surface area (Å²) in [6.45, 7) is 0. The zero-order valence-electron chi connectivity index (χ0n) is 8.43. The predicted octanol–water partition coefficient (Wildman–Crippen LogP) is 3.76. The van der Waals surface area contributed by atoms with Crippen molar-refractivity contribution in [1.29, 1.82) is 5.16 Å². The summed E-state index contributed by atoms with van der Waals surface area (Å²) in [6.07, 6.45) is 0.847. The molecular formula is C13H13NP+. The van der Waals surface area contributed by atoms with Crippen LogP contribution in [0.1, 0.15) is 5.56 Å². The molecule has 0 fully saturated rings. The SMILES string of the molecule is N=[P+](Cc1ccccc1)c1ccccc1. The zero-order valence-corrected chi connectivity index (χ0v) is 9.32. The van der Waals surface area contributed by atoms with Gasteiger partial charge in [0.05, 0.1) is 0 Å². The van der Waals surface area contributed by atoms with Crippen molar-refractivity contribution < 1.29 is 0 Å². The van der Waals surface area contributed by atoms with E-state index >= 15 is 0 Å². The van der Waals surface area contributed by atoms with E-state index < -0.39 is 7.71 Å². The highest BCUT2D eigenvalue weighted by Gasteiger charge is 2.13. The highest BCUT2D eigenvalue weighted by atomic mass is 31.1. The molecular weight excluding hydrogens is 201 g/mol. The van der Waals surface area contributed by atoms with Crippen LogP contribution in [0, 0.1) is 5.16 Å². The Hall–Kier alpha value is -1.46. The Balaban J connectivity index is 2.12. The molecule has 15 heavy (non-hydrogen) atoms. The van der Waals surface area contributed by atoms with Crippen LogP contribution >= 0.6 is 7.71 Å². The topological polar surface area (TPSA) is 23.9 Å². The number of nitrogens with one attached hydrogen (secondary N) is 1. The Morgan fingerprint density at radius 3 is 1.93 bits per heavy atom. The van der Waals surface area contributed by atoms with Gasteiger partial charge in [-0.3, -0.25) is 0 Å². The maximum Gasteiger partial charge on any atom is 0.239 e. The van der Waals surface area contributed by atoms with Crippen molar-refractivity contribution in [2.45, 2.75) is 6.16 Å². The van der Waals surface area contributed by atoms with Crippen molar-refractivity contribution >= 4 is 13.0 Å². The molecule has 2 rings (SSSR count). The quantitative estimate of drug-likeness (QED) is 0.752. The molecule has 0 radical (unpaired) electrons. The summed E-state index contributed by atoms with van der Waals surface area (Å²) < 4.78 is 0. The van der Waals surface area contributed by atoms with Gasteiger partial charge in [-0.05, 0) is 17.7 Å². The Morgan fingerprint density at radius 1 is 0.800 bits per heavy atom. The summed E-state index contributed by atoms with van der Waals surface area (Å²) in [5.74, 6) is 0. The summed E-state index contributed by atoms with van der Waals surface area (Å²) in [6, 6.07) is 20.3. The van der Waals surface area contributed by atoms with E-state index in [0.717, 1.165) is 11.5 Å². The molecule has 2 aromatic rings. The monoisotopic (exact) mass is 214 g/mol. The van der Waals surface area contributed by atoms with Crippen molar-refractivity contribution in [3.05, 3.63) is 66.2 Å². The standard InChI is InChI=1S/C13H13NP/c14-15(13-9-5-2-6-10-13)11-12-7-3-1-4-8-12/h1-10,14H,11H2/q+1. The molecule has 2 aromatic carbocycles. The number of hydrogen-bond donors (Lipinski definition) is 1. The Bertz CT molecular complexity index is 437. The lowest BCUT2D eigenvalue weighted by atomic mass is 10.2. The fourth-order valence-corrected chi connectivity index (χ4v) is 2.76.